The number of hydrogen-bond donors (Lipinski definition) is 2. The van der Waals surface area contributed by atoms with Crippen molar-refractivity contribution in [2.45, 2.75) is 50.5 Å². The number of nitrogens with one attached hydrogen (secondary N) is 2. The highest BCUT2D eigenvalue weighted by atomic mass is 127. The van der Waals surface area contributed by atoms with Gasteiger partial charge in [0.25, 0.3) is 0 Å². The maximum Gasteiger partial charge on any atom is 0.243 e. The molecule has 0 saturated heterocycles. The van der Waals surface area contributed by atoms with Crippen molar-refractivity contribution >= 4 is 40.2 Å². The second kappa shape index (κ2) is 8.96. The van der Waals surface area contributed by atoms with Crippen LogP contribution in [0.4, 0.5) is 0 Å². The summed E-state index contributed by atoms with van der Waals surface area (Å²) in [5.74, 6) is -0.514. The minimum atomic E-state index is -0.792. The lowest BCUT2D eigenvalue weighted by Crippen LogP contribution is -2.53. The summed E-state index contributed by atoms with van der Waals surface area (Å²) in [6.45, 7) is 10.1. The summed E-state index contributed by atoms with van der Waals surface area (Å²) in [5.41, 5.74) is -0.610. The van der Waals surface area contributed by atoms with Crippen LogP contribution >= 0.6 is 22.6 Å². The molecule has 0 bridgehead atoms. The highest BCUT2D eigenvalue weighted by Crippen LogP contribution is 2.24. The molecule has 0 aromatic rings. The van der Waals surface area contributed by atoms with Crippen LogP contribution in [0.3, 0.4) is 0 Å². The van der Waals surface area contributed by atoms with Crippen LogP contribution in [0, 0.1) is 5.41 Å². The van der Waals surface area contributed by atoms with E-state index in [9.17, 15) is 14.4 Å². The van der Waals surface area contributed by atoms with Crippen LogP contribution in [-0.2, 0) is 14.4 Å². The fourth-order valence-corrected chi connectivity index (χ4v) is 2.14. The maximum atomic E-state index is 12.5. The Morgan fingerprint density at radius 1 is 1.09 bits per heavy atom. The van der Waals surface area contributed by atoms with Crippen LogP contribution in [0.2, 0.25) is 0 Å². The standard InChI is InChI=1S/C16H30IN3O3/c1-15(2,3)14(23)20(7)11(10-12(21)16(4,5)17)13(22)19-9-8-18-6/h11,18H,8-10H2,1-7H3,(H,19,22)/t11-/m0/s1. The number of halogens is 1. The highest BCUT2D eigenvalue weighted by Gasteiger charge is 2.36. The average Bonchev–Trinajstić information content (AvgIpc) is 2.40. The number of likely N-dealkylation sites (N-methyl/N-ethyl adjacent to an activating group) is 2. The van der Waals surface area contributed by atoms with Crippen LogP contribution < -0.4 is 10.6 Å². The van der Waals surface area contributed by atoms with Gasteiger partial charge in [0.15, 0.2) is 5.78 Å². The molecule has 2 amide bonds. The van der Waals surface area contributed by atoms with Gasteiger partial charge in [0.05, 0.1) is 3.42 Å². The van der Waals surface area contributed by atoms with E-state index in [0.717, 1.165) is 0 Å². The summed E-state index contributed by atoms with van der Waals surface area (Å²) in [4.78, 5) is 38.7. The minimum Gasteiger partial charge on any atom is -0.353 e. The Hall–Kier alpha value is -0.700. The molecular weight excluding hydrogens is 409 g/mol. The van der Waals surface area contributed by atoms with Crippen molar-refractivity contribution in [2.75, 3.05) is 27.2 Å². The molecule has 1 atom stereocenters. The van der Waals surface area contributed by atoms with Gasteiger partial charge in [-0.1, -0.05) is 43.4 Å². The molecule has 23 heavy (non-hydrogen) atoms. The Bertz CT molecular complexity index is 439. The van der Waals surface area contributed by atoms with E-state index in [-0.39, 0.29) is 24.0 Å². The quantitative estimate of drug-likeness (QED) is 0.340. The Kier molecular flexibility index (Phi) is 8.69. The van der Waals surface area contributed by atoms with Gasteiger partial charge in [-0.15, -0.1) is 0 Å². The van der Waals surface area contributed by atoms with Crippen molar-refractivity contribution in [1.82, 2.24) is 15.5 Å². The predicted molar refractivity (Wildman–Crippen MR) is 101 cm³/mol. The van der Waals surface area contributed by atoms with E-state index in [4.69, 9.17) is 0 Å². The monoisotopic (exact) mass is 439 g/mol. The molecule has 6 nitrogen and oxygen atoms in total. The molecule has 2 N–H and O–H groups in total. The molecule has 0 rings (SSSR count). The zero-order valence-corrected chi connectivity index (χ0v) is 17.4. The first-order valence-electron chi connectivity index (χ1n) is 7.74. The molecule has 0 unspecified atom stereocenters. The summed E-state index contributed by atoms with van der Waals surface area (Å²) >= 11 is 2.06. The van der Waals surface area contributed by atoms with Crippen molar-refractivity contribution in [3.8, 4) is 0 Å². The van der Waals surface area contributed by atoms with Crippen molar-refractivity contribution in [3.63, 3.8) is 0 Å². The lowest BCUT2D eigenvalue weighted by Gasteiger charge is -2.33. The largest absolute Gasteiger partial charge is 0.353 e. The number of carbonyl (C=O) groups excluding carboxylic acids is 3. The molecule has 0 radical (unpaired) electrons. The summed E-state index contributed by atoms with van der Waals surface area (Å²) in [6, 6.07) is -0.792. The molecule has 0 heterocycles. The van der Waals surface area contributed by atoms with E-state index in [0.29, 0.717) is 13.1 Å². The van der Waals surface area contributed by atoms with Crippen molar-refractivity contribution < 1.29 is 14.4 Å². The number of hydrogen-bond acceptors (Lipinski definition) is 4. The second-order valence-electron chi connectivity index (χ2n) is 7.18. The molecule has 134 valence electrons. The number of nitrogens with zero attached hydrogens (tertiary/aromatic N) is 1. The van der Waals surface area contributed by atoms with E-state index < -0.39 is 14.9 Å². The number of amides is 2. The number of carbonyl (C=O) groups is 3. The van der Waals surface area contributed by atoms with E-state index in [2.05, 4.69) is 33.2 Å². The normalized spacial score (nSPS) is 13.4. The molecule has 0 aromatic carbocycles. The number of alkyl halides is 1. The lowest BCUT2D eigenvalue weighted by molar-refractivity contribution is -0.146. The molecule has 0 spiro atoms. The number of ketones is 1. The first kappa shape index (κ1) is 22.3. The van der Waals surface area contributed by atoms with E-state index in [1.807, 2.05) is 0 Å². The van der Waals surface area contributed by atoms with Gasteiger partial charge in [-0.2, -0.15) is 0 Å². The lowest BCUT2D eigenvalue weighted by atomic mass is 9.92. The smallest absolute Gasteiger partial charge is 0.243 e. The highest BCUT2D eigenvalue weighted by molar-refractivity contribution is 14.1. The number of rotatable bonds is 8. The summed E-state index contributed by atoms with van der Waals surface area (Å²) in [7, 11) is 3.38. The zero-order valence-electron chi connectivity index (χ0n) is 15.2. The van der Waals surface area contributed by atoms with Gasteiger partial charge in [0.1, 0.15) is 6.04 Å². The molecule has 0 aromatic heterocycles. The van der Waals surface area contributed by atoms with Gasteiger partial charge < -0.3 is 15.5 Å². The third-order valence-corrected chi connectivity index (χ3v) is 4.05. The number of Topliss-reactive ketones (excluding diaryl/α,β-unsaturated/α-hetero) is 1. The molecular formula is C16H30IN3O3. The van der Waals surface area contributed by atoms with Crippen molar-refractivity contribution in [1.29, 1.82) is 0 Å². The molecule has 0 fully saturated rings. The van der Waals surface area contributed by atoms with Gasteiger partial charge in [-0.3, -0.25) is 14.4 Å². The third-order valence-electron chi connectivity index (χ3n) is 3.45. The van der Waals surface area contributed by atoms with Crippen molar-refractivity contribution in [3.05, 3.63) is 0 Å². The first-order chi connectivity index (χ1) is 10.3. The maximum absolute atomic E-state index is 12.5. The van der Waals surface area contributed by atoms with Crippen LogP contribution in [0.1, 0.15) is 41.0 Å². The van der Waals surface area contributed by atoms with E-state index in [1.54, 1.807) is 48.7 Å². The van der Waals surface area contributed by atoms with Gasteiger partial charge in [-0.05, 0) is 20.9 Å². The fourth-order valence-electron chi connectivity index (χ4n) is 1.92. The van der Waals surface area contributed by atoms with Gasteiger partial charge in [-0.25, -0.2) is 0 Å². The third kappa shape index (κ3) is 7.60. The molecule has 0 aliphatic heterocycles. The van der Waals surface area contributed by atoms with Crippen LogP contribution in [0.15, 0.2) is 0 Å². The summed E-state index contributed by atoms with van der Waals surface area (Å²) in [5, 5.41) is 5.72. The Morgan fingerprint density at radius 3 is 2.00 bits per heavy atom. The van der Waals surface area contributed by atoms with Gasteiger partial charge in [0, 0.05) is 32.0 Å². The first-order valence-corrected chi connectivity index (χ1v) is 8.82. The SMILES string of the molecule is CNCCNC(=O)[C@H](CC(=O)C(C)(C)I)N(C)C(=O)C(C)(C)C. The molecule has 0 aliphatic rings. The summed E-state index contributed by atoms with van der Waals surface area (Å²) < 4.78 is -0.577. The van der Waals surface area contributed by atoms with Gasteiger partial charge >= 0.3 is 0 Å². The van der Waals surface area contributed by atoms with E-state index >= 15 is 0 Å². The minimum absolute atomic E-state index is 0.0135. The Balaban J connectivity index is 5.25. The van der Waals surface area contributed by atoms with Crippen LogP contribution in [-0.4, -0.2) is 59.1 Å². The topological polar surface area (TPSA) is 78.5 Å². The zero-order chi connectivity index (χ0) is 18.4. The Labute approximate surface area is 153 Å². The molecule has 0 saturated carbocycles. The Morgan fingerprint density at radius 2 is 1.61 bits per heavy atom. The van der Waals surface area contributed by atoms with Crippen LogP contribution in [0.5, 0.6) is 0 Å². The van der Waals surface area contributed by atoms with Crippen LogP contribution in [0.25, 0.3) is 0 Å². The fraction of sp³-hybridized carbons (Fsp3) is 0.812. The van der Waals surface area contributed by atoms with Crippen molar-refractivity contribution in [2.24, 2.45) is 5.41 Å². The van der Waals surface area contributed by atoms with E-state index in [1.165, 1.54) is 4.90 Å². The predicted octanol–water partition coefficient (Wildman–Crippen LogP) is 1.37. The average molecular weight is 439 g/mol. The summed E-state index contributed by atoms with van der Waals surface area (Å²) in [6.07, 6.45) is 0.0135. The van der Waals surface area contributed by atoms with Gasteiger partial charge in [0.2, 0.25) is 11.8 Å². The molecule has 0 aliphatic carbocycles. The second-order valence-corrected chi connectivity index (χ2v) is 9.87. The molecule has 7 heteroatoms.